The smallest absolute Gasteiger partial charge is 0.238 e. The Hall–Kier alpha value is -1.03. The molecule has 0 saturated carbocycles. The molecule has 0 spiro atoms. The van der Waals surface area contributed by atoms with E-state index in [1.54, 1.807) is 4.90 Å². The number of carbonyl (C=O) groups is 1. The van der Waals surface area contributed by atoms with Crippen LogP contribution < -0.4 is 4.74 Å². The van der Waals surface area contributed by atoms with E-state index >= 15 is 0 Å². The summed E-state index contributed by atoms with van der Waals surface area (Å²) < 4.78 is 5.20. The van der Waals surface area contributed by atoms with E-state index < -0.39 is 4.32 Å². The molecule has 0 saturated heterocycles. The third-order valence-corrected chi connectivity index (χ3v) is 3.18. The Morgan fingerprint density at radius 1 is 1.37 bits per heavy atom. The van der Waals surface area contributed by atoms with E-state index in [9.17, 15) is 4.79 Å². The van der Waals surface area contributed by atoms with Gasteiger partial charge in [-0.2, -0.15) is 0 Å². The van der Waals surface area contributed by atoms with Crippen molar-refractivity contribution in [3.8, 4) is 5.75 Å². The molecule has 0 atom stereocenters. The SMILES string of the molecule is Cc1ccccc1OCCCN(C)C(=O)C(C)(C)Br. The number of para-hydroxylation sites is 1. The van der Waals surface area contributed by atoms with Crippen molar-refractivity contribution in [1.29, 1.82) is 0 Å². The van der Waals surface area contributed by atoms with Crippen LogP contribution in [0.5, 0.6) is 5.75 Å². The van der Waals surface area contributed by atoms with E-state index in [0.29, 0.717) is 13.2 Å². The lowest BCUT2D eigenvalue weighted by atomic mass is 10.2. The third kappa shape index (κ3) is 5.23. The second-order valence-corrected chi connectivity index (χ2v) is 7.15. The lowest BCUT2D eigenvalue weighted by Crippen LogP contribution is -2.39. The first kappa shape index (κ1) is 16.0. The van der Waals surface area contributed by atoms with E-state index in [0.717, 1.165) is 17.7 Å². The normalized spacial score (nSPS) is 11.2. The summed E-state index contributed by atoms with van der Waals surface area (Å²) in [5, 5.41) is 0. The molecule has 0 N–H and O–H groups in total. The van der Waals surface area contributed by atoms with Gasteiger partial charge >= 0.3 is 0 Å². The van der Waals surface area contributed by atoms with Crippen LogP contribution in [-0.4, -0.2) is 35.3 Å². The molecule has 0 unspecified atom stereocenters. The molecule has 19 heavy (non-hydrogen) atoms. The first-order valence-corrected chi connectivity index (χ1v) is 7.24. The van der Waals surface area contributed by atoms with Crippen molar-refractivity contribution < 1.29 is 9.53 Å². The minimum Gasteiger partial charge on any atom is -0.493 e. The van der Waals surface area contributed by atoms with Gasteiger partial charge in [-0.1, -0.05) is 34.1 Å². The summed E-state index contributed by atoms with van der Waals surface area (Å²) in [6, 6.07) is 7.95. The molecule has 106 valence electrons. The van der Waals surface area contributed by atoms with Gasteiger partial charge in [0.15, 0.2) is 0 Å². The van der Waals surface area contributed by atoms with Crippen molar-refractivity contribution in [3.05, 3.63) is 29.8 Å². The minimum atomic E-state index is -0.501. The number of carbonyl (C=O) groups excluding carboxylic acids is 1. The fourth-order valence-corrected chi connectivity index (χ4v) is 2.06. The van der Waals surface area contributed by atoms with Crippen LogP contribution >= 0.6 is 15.9 Å². The second-order valence-electron chi connectivity index (χ2n) is 5.17. The van der Waals surface area contributed by atoms with Gasteiger partial charge in [0.05, 0.1) is 10.9 Å². The summed E-state index contributed by atoms with van der Waals surface area (Å²) in [6.07, 6.45) is 0.819. The maximum absolute atomic E-state index is 11.9. The highest BCUT2D eigenvalue weighted by molar-refractivity contribution is 9.10. The molecule has 1 amide bonds. The van der Waals surface area contributed by atoms with Gasteiger partial charge in [-0.05, 0) is 38.8 Å². The van der Waals surface area contributed by atoms with Crippen molar-refractivity contribution >= 4 is 21.8 Å². The van der Waals surface area contributed by atoms with Crippen LogP contribution in [0.15, 0.2) is 24.3 Å². The highest BCUT2D eigenvalue weighted by Crippen LogP contribution is 2.19. The quantitative estimate of drug-likeness (QED) is 0.592. The Kier molecular flexibility index (Phi) is 5.85. The second kappa shape index (κ2) is 6.94. The van der Waals surface area contributed by atoms with Gasteiger partial charge in [-0.25, -0.2) is 0 Å². The van der Waals surface area contributed by atoms with Gasteiger partial charge in [-0.15, -0.1) is 0 Å². The fraction of sp³-hybridized carbons (Fsp3) is 0.533. The number of ether oxygens (including phenoxy) is 1. The molecule has 0 aliphatic rings. The summed E-state index contributed by atoms with van der Waals surface area (Å²) in [7, 11) is 1.82. The van der Waals surface area contributed by atoms with E-state index in [4.69, 9.17) is 4.74 Å². The third-order valence-electron chi connectivity index (χ3n) is 2.84. The highest BCUT2D eigenvalue weighted by atomic mass is 79.9. The molecule has 0 aliphatic heterocycles. The summed E-state index contributed by atoms with van der Waals surface area (Å²) in [6.45, 7) is 7.05. The number of aryl methyl sites for hydroxylation is 1. The predicted octanol–water partition coefficient (Wildman–Crippen LogP) is 3.40. The average Bonchev–Trinajstić information content (AvgIpc) is 2.34. The molecule has 0 heterocycles. The molecule has 0 bridgehead atoms. The first-order valence-electron chi connectivity index (χ1n) is 6.45. The number of hydrogen-bond acceptors (Lipinski definition) is 2. The lowest BCUT2D eigenvalue weighted by molar-refractivity contribution is -0.131. The zero-order valence-electron chi connectivity index (χ0n) is 12.1. The Labute approximate surface area is 124 Å². The number of hydrogen-bond donors (Lipinski definition) is 0. The molecular formula is C15H22BrNO2. The molecule has 0 fully saturated rings. The van der Waals surface area contributed by atoms with E-state index in [2.05, 4.69) is 15.9 Å². The number of amides is 1. The van der Waals surface area contributed by atoms with Gasteiger partial charge in [0.2, 0.25) is 5.91 Å². The van der Waals surface area contributed by atoms with E-state index in [1.165, 1.54) is 0 Å². The van der Waals surface area contributed by atoms with Gasteiger partial charge in [-0.3, -0.25) is 4.79 Å². The standard InChI is InChI=1S/C15H22BrNO2/c1-12-8-5-6-9-13(12)19-11-7-10-17(4)14(18)15(2,3)16/h5-6,8-9H,7,10-11H2,1-4H3. The Bertz CT molecular complexity index is 426. The largest absolute Gasteiger partial charge is 0.493 e. The van der Waals surface area contributed by atoms with Crippen molar-refractivity contribution in [2.24, 2.45) is 0 Å². The van der Waals surface area contributed by atoms with Gasteiger partial charge in [0.25, 0.3) is 0 Å². The number of alkyl halides is 1. The number of halogens is 1. The maximum Gasteiger partial charge on any atom is 0.238 e. The monoisotopic (exact) mass is 327 g/mol. The van der Waals surface area contributed by atoms with Crippen LogP contribution in [0, 0.1) is 6.92 Å². The van der Waals surface area contributed by atoms with Crippen LogP contribution in [0.2, 0.25) is 0 Å². The summed E-state index contributed by atoms with van der Waals surface area (Å²) >= 11 is 3.38. The van der Waals surface area contributed by atoms with Crippen molar-refractivity contribution in [1.82, 2.24) is 4.90 Å². The summed E-state index contributed by atoms with van der Waals surface area (Å²) in [5.41, 5.74) is 1.13. The molecule has 0 aliphatic carbocycles. The molecule has 1 rings (SSSR count). The molecule has 4 heteroatoms. The molecule has 1 aromatic carbocycles. The first-order chi connectivity index (χ1) is 8.82. The van der Waals surface area contributed by atoms with Crippen molar-refractivity contribution in [2.75, 3.05) is 20.2 Å². The molecule has 1 aromatic rings. The van der Waals surface area contributed by atoms with Crippen molar-refractivity contribution in [2.45, 2.75) is 31.5 Å². The summed E-state index contributed by atoms with van der Waals surface area (Å²) in [5.74, 6) is 1.00. The Morgan fingerprint density at radius 2 is 2.00 bits per heavy atom. The Morgan fingerprint density at radius 3 is 2.58 bits per heavy atom. The number of nitrogens with zero attached hydrogens (tertiary/aromatic N) is 1. The fourth-order valence-electron chi connectivity index (χ4n) is 1.76. The predicted molar refractivity (Wildman–Crippen MR) is 81.9 cm³/mol. The zero-order valence-corrected chi connectivity index (χ0v) is 13.7. The van der Waals surface area contributed by atoms with E-state index in [-0.39, 0.29) is 5.91 Å². The van der Waals surface area contributed by atoms with Crippen molar-refractivity contribution in [3.63, 3.8) is 0 Å². The van der Waals surface area contributed by atoms with Crippen LogP contribution in [0.25, 0.3) is 0 Å². The molecule has 0 aromatic heterocycles. The minimum absolute atomic E-state index is 0.0865. The Balaban J connectivity index is 2.32. The maximum atomic E-state index is 11.9. The number of benzene rings is 1. The van der Waals surface area contributed by atoms with Crippen LogP contribution in [0.1, 0.15) is 25.8 Å². The van der Waals surface area contributed by atoms with Crippen LogP contribution in [0.3, 0.4) is 0 Å². The molecular weight excluding hydrogens is 306 g/mol. The topological polar surface area (TPSA) is 29.5 Å². The lowest BCUT2D eigenvalue weighted by Gasteiger charge is -2.24. The van der Waals surface area contributed by atoms with Crippen LogP contribution in [-0.2, 0) is 4.79 Å². The zero-order chi connectivity index (χ0) is 14.5. The molecule has 0 radical (unpaired) electrons. The summed E-state index contributed by atoms with van der Waals surface area (Å²) in [4.78, 5) is 13.7. The number of rotatable bonds is 6. The molecule has 3 nitrogen and oxygen atoms in total. The van der Waals surface area contributed by atoms with E-state index in [1.807, 2.05) is 52.1 Å². The van der Waals surface area contributed by atoms with Gasteiger partial charge in [0, 0.05) is 13.6 Å². The highest BCUT2D eigenvalue weighted by Gasteiger charge is 2.26. The van der Waals surface area contributed by atoms with Gasteiger partial charge in [0.1, 0.15) is 5.75 Å². The average molecular weight is 328 g/mol. The van der Waals surface area contributed by atoms with Crippen LogP contribution in [0.4, 0.5) is 0 Å². The van der Waals surface area contributed by atoms with Gasteiger partial charge < -0.3 is 9.64 Å².